The average Bonchev–Trinajstić information content (AvgIpc) is 2.62. The van der Waals surface area contributed by atoms with E-state index in [2.05, 4.69) is 66.5 Å². The number of rotatable bonds is 13. The minimum absolute atomic E-state index is 0.0307. The number of hydrogen-bond donors (Lipinski definition) is 1. The lowest BCUT2D eigenvalue weighted by molar-refractivity contribution is -0.136. The van der Waals surface area contributed by atoms with Gasteiger partial charge in [-0.25, -0.2) is 0 Å². The molecule has 27 heavy (non-hydrogen) atoms. The number of carbonyl (C=O) groups excluding carboxylic acids is 1. The van der Waals surface area contributed by atoms with Crippen LogP contribution in [-0.2, 0) is 13.6 Å². The number of amides is 1. The molecule has 1 amide bonds. The Kier molecular flexibility index (Phi) is 9.82. The van der Waals surface area contributed by atoms with Crippen molar-refractivity contribution >= 4 is 35.7 Å². The highest BCUT2D eigenvalue weighted by molar-refractivity contribution is 8.00. The monoisotopic (exact) mass is 431 g/mol. The third-order valence-electron chi connectivity index (χ3n) is 6.56. The summed E-state index contributed by atoms with van der Waals surface area (Å²) in [5, 5.41) is 3.59. The minimum Gasteiger partial charge on any atom is -0.396 e. The fourth-order valence-electron chi connectivity index (χ4n) is 2.70. The van der Waals surface area contributed by atoms with Crippen molar-refractivity contribution in [3.8, 4) is 0 Å². The number of hydrogen-bond acceptors (Lipinski definition) is 4. The highest BCUT2D eigenvalue weighted by atomic mass is 32.2. The Hall–Kier alpha value is -0.0862. The van der Waals surface area contributed by atoms with Crippen molar-refractivity contribution in [3.05, 3.63) is 12.7 Å². The highest BCUT2D eigenvalue weighted by Gasteiger charge is 2.43. The van der Waals surface area contributed by atoms with Crippen LogP contribution in [0.1, 0.15) is 60.8 Å². The van der Waals surface area contributed by atoms with Crippen LogP contribution in [0.15, 0.2) is 12.7 Å². The second kappa shape index (κ2) is 10.6. The van der Waals surface area contributed by atoms with E-state index >= 15 is 0 Å². The number of nitrogens with one attached hydrogen (secondary N) is 1. The summed E-state index contributed by atoms with van der Waals surface area (Å²) in [6.07, 6.45) is 4.49. The molecule has 1 rings (SSSR count). The second-order valence-corrected chi connectivity index (χ2v) is 16.5. The van der Waals surface area contributed by atoms with Gasteiger partial charge in [-0.3, -0.25) is 4.79 Å². The van der Waals surface area contributed by atoms with Gasteiger partial charge in [-0.1, -0.05) is 60.5 Å². The summed E-state index contributed by atoms with van der Waals surface area (Å²) in [4.78, 5) is 12.2. The molecule has 158 valence electrons. The number of β-lactam (4-membered cyclic amide) rings is 1. The third-order valence-corrected chi connectivity index (χ3v) is 14.4. The molecule has 7 heteroatoms. The van der Waals surface area contributed by atoms with Gasteiger partial charge in [-0.05, 0) is 23.2 Å². The normalized spacial score (nSPS) is 23.9. The van der Waals surface area contributed by atoms with Gasteiger partial charge in [-0.15, -0.1) is 18.3 Å². The van der Waals surface area contributed by atoms with Crippen LogP contribution in [0.4, 0.5) is 0 Å². The molecule has 4 nitrogen and oxygen atoms in total. The zero-order valence-electron chi connectivity index (χ0n) is 18.6. The lowest BCUT2D eigenvalue weighted by Gasteiger charge is -2.41. The van der Waals surface area contributed by atoms with Crippen LogP contribution in [0.3, 0.4) is 0 Å². The Morgan fingerprint density at radius 1 is 1.15 bits per heavy atom. The summed E-state index contributed by atoms with van der Waals surface area (Å²) in [6, 6.07) is 0. The van der Waals surface area contributed by atoms with Crippen molar-refractivity contribution in [2.24, 2.45) is 5.92 Å². The van der Waals surface area contributed by atoms with E-state index in [0.717, 1.165) is 18.6 Å². The van der Waals surface area contributed by atoms with Gasteiger partial charge in [0.2, 0.25) is 5.91 Å². The Morgan fingerprint density at radius 3 is 2.00 bits per heavy atom. The summed E-state index contributed by atoms with van der Waals surface area (Å²) in [7, 11) is -2.91. The molecule has 0 aromatic carbocycles. The van der Waals surface area contributed by atoms with Gasteiger partial charge in [-0.2, -0.15) is 0 Å². The van der Waals surface area contributed by atoms with E-state index in [4.69, 9.17) is 8.85 Å². The summed E-state index contributed by atoms with van der Waals surface area (Å²) in [5.74, 6) is 0.939. The topological polar surface area (TPSA) is 47.6 Å². The Balaban J connectivity index is 2.86. The van der Waals surface area contributed by atoms with Crippen molar-refractivity contribution in [3.63, 3.8) is 0 Å². The van der Waals surface area contributed by atoms with Crippen LogP contribution in [0, 0.1) is 5.92 Å². The van der Waals surface area contributed by atoms with Crippen molar-refractivity contribution in [2.75, 3.05) is 5.75 Å². The summed E-state index contributed by atoms with van der Waals surface area (Å²) in [5.41, 5.74) is 0. The van der Waals surface area contributed by atoms with E-state index in [1.54, 1.807) is 11.8 Å². The summed E-state index contributed by atoms with van der Waals surface area (Å²) < 4.78 is 13.1. The zero-order valence-corrected chi connectivity index (χ0v) is 21.8. The molecule has 0 bridgehead atoms. The Morgan fingerprint density at radius 2 is 1.63 bits per heavy atom. The molecule has 4 unspecified atom stereocenters. The maximum absolute atomic E-state index is 12.2. The molecule has 0 aromatic rings. The van der Waals surface area contributed by atoms with Gasteiger partial charge < -0.3 is 14.2 Å². The maximum atomic E-state index is 12.2. The molecule has 0 aromatic heterocycles. The van der Waals surface area contributed by atoms with Crippen molar-refractivity contribution in [2.45, 2.75) is 95.6 Å². The van der Waals surface area contributed by atoms with E-state index in [9.17, 15) is 4.79 Å². The zero-order chi connectivity index (χ0) is 20.8. The van der Waals surface area contributed by atoms with Crippen LogP contribution in [0.5, 0.6) is 0 Å². The first-order valence-electron chi connectivity index (χ1n) is 10.3. The molecule has 0 saturated carbocycles. The van der Waals surface area contributed by atoms with E-state index in [0.29, 0.717) is 6.42 Å². The molecular weight excluding hydrogens is 390 g/mol. The molecule has 0 aliphatic carbocycles. The maximum Gasteiger partial charge on any atom is 0.227 e. The predicted molar refractivity (Wildman–Crippen MR) is 123 cm³/mol. The van der Waals surface area contributed by atoms with Crippen molar-refractivity contribution in [1.29, 1.82) is 0 Å². The van der Waals surface area contributed by atoms with E-state index in [1.165, 1.54) is 0 Å². The Bertz CT molecular complexity index is 478. The van der Waals surface area contributed by atoms with Crippen LogP contribution in [0.2, 0.25) is 23.2 Å². The van der Waals surface area contributed by atoms with Crippen molar-refractivity contribution < 1.29 is 13.6 Å². The Labute approximate surface area is 174 Å². The molecule has 1 fully saturated rings. The van der Waals surface area contributed by atoms with Crippen LogP contribution in [-0.4, -0.2) is 41.4 Å². The van der Waals surface area contributed by atoms with Gasteiger partial charge >= 0.3 is 0 Å². The predicted octanol–water partition coefficient (Wildman–Crippen LogP) is 4.81. The first-order chi connectivity index (χ1) is 12.5. The number of carbonyl (C=O) groups is 1. The molecule has 1 N–H and O–H groups in total. The molecule has 1 aliphatic rings. The molecule has 4 atom stereocenters. The van der Waals surface area contributed by atoms with Crippen LogP contribution >= 0.6 is 11.8 Å². The van der Waals surface area contributed by atoms with Crippen molar-refractivity contribution in [1.82, 2.24) is 5.32 Å². The lowest BCUT2D eigenvalue weighted by atomic mass is 9.97. The molecule has 0 spiro atoms. The molecule has 0 radical (unpaired) electrons. The first kappa shape index (κ1) is 25.0. The lowest BCUT2D eigenvalue weighted by Crippen LogP contribution is -2.58. The number of thioether (sulfide) groups is 1. The van der Waals surface area contributed by atoms with E-state index in [-0.39, 0.29) is 33.6 Å². The van der Waals surface area contributed by atoms with Gasteiger partial charge in [0, 0.05) is 12.2 Å². The quantitative estimate of drug-likeness (QED) is 0.197. The molecule has 1 heterocycles. The average molecular weight is 432 g/mol. The summed E-state index contributed by atoms with van der Waals surface area (Å²) >= 11 is 1.74. The standard InChI is InChI=1S/C20H41NO3SSi2/c1-10-13-25-18-15(17(22)21-18)14-16(23-26(8)19(4,5)11-2)24-27(9)20(6,7)12-3/h10,15-16,18,26-27H,1,11-14H2,2-9H3,(H,21,22). The van der Waals surface area contributed by atoms with Gasteiger partial charge in [0.05, 0.1) is 11.3 Å². The molecular formula is C20H41NO3SSi2. The van der Waals surface area contributed by atoms with Gasteiger partial charge in [0.1, 0.15) is 6.29 Å². The summed E-state index contributed by atoms with van der Waals surface area (Å²) in [6.45, 7) is 21.9. The largest absolute Gasteiger partial charge is 0.396 e. The second-order valence-electron chi connectivity index (χ2n) is 9.06. The van der Waals surface area contributed by atoms with E-state index in [1.807, 2.05) is 6.08 Å². The van der Waals surface area contributed by atoms with Crippen LogP contribution < -0.4 is 5.32 Å². The molecule has 1 aliphatic heterocycles. The van der Waals surface area contributed by atoms with Gasteiger partial charge in [0.15, 0.2) is 18.1 Å². The fraction of sp³-hybridized carbons (Fsp3) is 0.850. The fourth-order valence-corrected chi connectivity index (χ4v) is 6.98. The van der Waals surface area contributed by atoms with Gasteiger partial charge in [0.25, 0.3) is 0 Å². The SMILES string of the molecule is C=CCSC1NC(=O)C1CC(O[SiH](C)C(C)(C)CC)O[SiH](C)C(C)(C)CC. The highest BCUT2D eigenvalue weighted by Crippen LogP contribution is 2.38. The smallest absolute Gasteiger partial charge is 0.227 e. The molecule has 1 saturated heterocycles. The third kappa shape index (κ3) is 7.03. The van der Waals surface area contributed by atoms with Crippen LogP contribution in [0.25, 0.3) is 0 Å². The van der Waals surface area contributed by atoms with E-state index < -0.39 is 18.1 Å². The first-order valence-corrected chi connectivity index (χ1v) is 15.8. The minimum atomic E-state index is -1.46.